The Balaban J connectivity index is 1.65. The second-order valence-electron chi connectivity index (χ2n) is 9.48. The lowest BCUT2D eigenvalue weighted by molar-refractivity contribution is 0.101. The molecule has 2 bridgehead atoms. The number of carbonyl (C=O) groups is 2. The van der Waals surface area contributed by atoms with Crippen LogP contribution in [0.3, 0.4) is 0 Å². The van der Waals surface area contributed by atoms with E-state index in [4.69, 9.17) is 4.84 Å². The van der Waals surface area contributed by atoms with Crippen molar-refractivity contribution in [2.24, 2.45) is 11.1 Å². The minimum absolute atomic E-state index is 0.00833. The van der Waals surface area contributed by atoms with Crippen LogP contribution in [-0.2, 0) is 4.84 Å². The van der Waals surface area contributed by atoms with Gasteiger partial charge in [0.25, 0.3) is 0 Å². The number of carbonyl (C=O) groups excluding carboxylic acids is 2. The van der Waals surface area contributed by atoms with Gasteiger partial charge in [0.05, 0.1) is 5.70 Å². The van der Waals surface area contributed by atoms with Crippen LogP contribution < -0.4 is 5.32 Å². The highest BCUT2D eigenvalue weighted by atomic mass is 16.6. The molecule has 0 saturated carbocycles. The third kappa shape index (κ3) is 4.56. The van der Waals surface area contributed by atoms with Crippen molar-refractivity contribution in [3.8, 4) is 0 Å². The SMILES string of the molecule is C=C1O/N=C2\CC(=C(Nc3cccc(C(C)=O)c3)C=C2N2CCCC(C)C2)C(=O)c2ccccc21. The number of nitrogens with zero attached hydrogens (tertiary/aromatic N) is 2. The van der Waals surface area contributed by atoms with Crippen LogP contribution in [0.1, 0.15) is 59.4 Å². The van der Waals surface area contributed by atoms with E-state index < -0.39 is 0 Å². The largest absolute Gasteiger partial charge is 0.370 e. The predicted octanol–water partition coefficient (Wildman–Crippen LogP) is 5.81. The molecule has 6 nitrogen and oxygen atoms in total. The van der Waals surface area contributed by atoms with Crippen molar-refractivity contribution < 1.29 is 14.4 Å². The van der Waals surface area contributed by atoms with Gasteiger partial charge < -0.3 is 15.1 Å². The summed E-state index contributed by atoms with van der Waals surface area (Å²) in [6.07, 6.45) is 4.64. The zero-order valence-corrected chi connectivity index (χ0v) is 20.1. The smallest absolute Gasteiger partial charge is 0.192 e. The van der Waals surface area contributed by atoms with Crippen LogP contribution in [0.4, 0.5) is 5.69 Å². The fourth-order valence-corrected chi connectivity index (χ4v) is 4.95. The van der Waals surface area contributed by atoms with Crippen LogP contribution in [0, 0.1) is 5.92 Å². The van der Waals surface area contributed by atoms with Gasteiger partial charge in [0, 0.05) is 53.2 Å². The Morgan fingerprint density at radius 1 is 1.17 bits per heavy atom. The molecular weight excluding hydrogens is 438 g/mol. The van der Waals surface area contributed by atoms with Gasteiger partial charge in [-0.25, -0.2) is 0 Å². The molecule has 2 heterocycles. The standard InChI is InChI=1S/C29H29N3O3/c1-18-8-7-13-32(17-18)28-16-26(30-22-10-6-9-21(14-22)19(2)33)25-15-27(28)31-35-20(3)23-11-4-5-12-24(23)29(25)34/h4-6,9-12,14,16,18,30H,3,7-8,13,15,17H2,1-2H3/b31-27+. The number of nitrogens with one attached hydrogen (secondary N) is 1. The molecule has 0 radical (unpaired) electrons. The minimum Gasteiger partial charge on any atom is -0.370 e. The molecule has 0 amide bonds. The molecular formula is C29H29N3O3. The first-order valence-corrected chi connectivity index (χ1v) is 12.1. The average Bonchev–Trinajstić information content (AvgIpc) is 2.90. The van der Waals surface area contributed by atoms with Gasteiger partial charge >= 0.3 is 0 Å². The summed E-state index contributed by atoms with van der Waals surface area (Å²) in [4.78, 5) is 33.9. The van der Waals surface area contributed by atoms with Crippen molar-refractivity contribution in [2.75, 3.05) is 18.4 Å². The molecule has 0 aromatic heterocycles. The molecule has 1 saturated heterocycles. The first-order chi connectivity index (χ1) is 16.9. The summed E-state index contributed by atoms with van der Waals surface area (Å²) in [6, 6.07) is 14.7. The molecule has 35 heavy (non-hydrogen) atoms. The van der Waals surface area contributed by atoms with E-state index >= 15 is 0 Å². The van der Waals surface area contributed by atoms with E-state index in [1.54, 1.807) is 19.1 Å². The molecule has 2 aromatic carbocycles. The summed E-state index contributed by atoms with van der Waals surface area (Å²) < 4.78 is 0. The summed E-state index contributed by atoms with van der Waals surface area (Å²) in [7, 11) is 0. The van der Waals surface area contributed by atoms with E-state index in [1.807, 2.05) is 42.5 Å². The molecule has 178 valence electrons. The zero-order valence-electron chi connectivity index (χ0n) is 20.1. The molecule has 1 fully saturated rings. The molecule has 2 aromatic rings. The van der Waals surface area contributed by atoms with E-state index in [0.29, 0.717) is 46.1 Å². The number of anilines is 1. The lowest BCUT2D eigenvalue weighted by atomic mass is 9.88. The molecule has 1 aliphatic carbocycles. The number of oxime groups is 1. The maximum absolute atomic E-state index is 13.9. The highest BCUT2D eigenvalue weighted by Gasteiger charge is 2.32. The van der Waals surface area contributed by atoms with E-state index in [1.165, 1.54) is 6.42 Å². The number of likely N-dealkylation sites (tertiary alicyclic amines) is 1. The number of rotatable bonds is 4. The van der Waals surface area contributed by atoms with Gasteiger partial charge in [-0.1, -0.05) is 55.1 Å². The van der Waals surface area contributed by atoms with E-state index in [9.17, 15) is 9.59 Å². The van der Waals surface area contributed by atoms with Gasteiger partial charge in [0.2, 0.25) is 0 Å². The number of piperidine rings is 1. The Kier molecular flexibility index (Phi) is 6.12. The number of allylic oxidation sites excluding steroid dienone is 3. The molecule has 1 unspecified atom stereocenters. The molecule has 2 aliphatic heterocycles. The van der Waals surface area contributed by atoms with Crippen molar-refractivity contribution in [1.29, 1.82) is 0 Å². The van der Waals surface area contributed by atoms with Gasteiger partial charge in [-0.2, -0.15) is 0 Å². The van der Waals surface area contributed by atoms with E-state index in [2.05, 4.69) is 28.9 Å². The van der Waals surface area contributed by atoms with Crippen LogP contribution >= 0.6 is 0 Å². The Morgan fingerprint density at radius 3 is 2.74 bits per heavy atom. The summed E-state index contributed by atoms with van der Waals surface area (Å²) in [5.74, 6) is 0.820. The van der Waals surface area contributed by atoms with Crippen molar-refractivity contribution in [2.45, 2.75) is 33.1 Å². The van der Waals surface area contributed by atoms with Gasteiger partial charge in [-0.05, 0) is 43.9 Å². The highest BCUT2D eigenvalue weighted by molar-refractivity contribution is 6.18. The van der Waals surface area contributed by atoms with E-state index in [-0.39, 0.29) is 11.6 Å². The Bertz CT molecular complexity index is 1320. The molecule has 1 N–H and O–H groups in total. The molecule has 3 aliphatic rings. The monoisotopic (exact) mass is 467 g/mol. The van der Waals surface area contributed by atoms with Gasteiger partial charge in [0.1, 0.15) is 5.71 Å². The molecule has 1 atom stereocenters. The van der Waals surface area contributed by atoms with Crippen LogP contribution in [0.5, 0.6) is 0 Å². The second kappa shape index (κ2) is 9.37. The number of hydrogen-bond donors (Lipinski definition) is 1. The molecule has 6 heteroatoms. The first-order valence-electron chi connectivity index (χ1n) is 12.1. The fraction of sp³-hybridized carbons (Fsp3) is 0.276. The maximum atomic E-state index is 13.9. The summed E-state index contributed by atoms with van der Waals surface area (Å²) in [5.41, 5.74) is 5.53. The normalized spacial score (nSPS) is 21.5. The quantitative estimate of drug-likeness (QED) is 0.574. The van der Waals surface area contributed by atoms with Gasteiger partial charge in [-0.3, -0.25) is 9.59 Å². The predicted molar refractivity (Wildman–Crippen MR) is 138 cm³/mol. The van der Waals surface area contributed by atoms with Crippen molar-refractivity contribution in [1.82, 2.24) is 4.90 Å². The number of benzene rings is 2. The summed E-state index contributed by atoms with van der Waals surface area (Å²) in [6.45, 7) is 9.68. The van der Waals surface area contributed by atoms with Crippen LogP contribution in [0.25, 0.3) is 5.76 Å². The number of fused-ring (bicyclic) bond motifs is 3. The Hall–Kier alpha value is -3.93. The van der Waals surface area contributed by atoms with Crippen molar-refractivity contribution >= 4 is 28.7 Å². The Labute approximate surface area is 205 Å². The topological polar surface area (TPSA) is 71.0 Å². The average molecular weight is 468 g/mol. The number of ketones is 2. The molecule has 0 spiro atoms. The Morgan fingerprint density at radius 2 is 1.97 bits per heavy atom. The third-order valence-corrected chi connectivity index (χ3v) is 6.80. The minimum atomic E-state index is -0.0903. The van der Waals surface area contributed by atoms with E-state index in [0.717, 1.165) is 36.6 Å². The van der Waals surface area contributed by atoms with Crippen molar-refractivity contribution in [3.63, 3.8) is 0 Å². The van der Waals surface area contributed by atoms with Crippen molar-refractivity contribution in [3.05, 3.63) is 94.8 Å². The van der Waals surface area contributed by atoms with Crippen LogP contribution in [0.2, 0.25) is 0 Å². The first kappa shape index (κ1) is 22.8. The maximum Gasteiger partial charge on any atom is 0.192 e. The van der Waals surface area contributed by atoms with Crippen LogP contribution in [-0.4, -0.2) is 35.3 Å². The molecule has 5 rings (SSSR count). The fourth-order valence-electron chi connectivity index (χ4n) is 4.95. The lowest BCUT2D eigenvalue weighted by Crippen LogP contribution is -2.38. The lowest BCUT2D eigenvalue weighted by Gasteiger charge is -2.36. The second-order valence-corrected chi connectivity index (χ2v) is 9.48. The third-order valence-electron chi connectivity index (χ3n) is 6.80. The van der Waals surface area contributed by atoms with Gasteiger partial charge in [-0.15, -0.1) is 0 Å². The zero-order chi connectivity index (χ0) is 24.5. The summed E-state index contributed by atoms with van der Waals surface area (Å²) in [5, 5.41) is 7.92. The highest BCUT2D eigenvalue weighted by Crippen LogP contribution is 2.34. The van der Waals surface area contributed by atoms with Crippen LogP contribution in [0.15, 0.2) is 83.3 Å². The number of Topliss-reactive ketones (excluding diaryl/α,β-unsaturated/α-hetero) is 2. The number of hydrogen-bond acceptors (Lipinski definition) is 6. The van der Waals surface area contributed by atoms with Gasteiger partial charge in [0.15, 0.2) is 17.3 Å². The summed E-state index contributed by atoms with van der Waals surface area (Å²) >= 11 is 0.